The van der Waals surface area contributed by atoms with E-state index in [4.69, 9.17) is 5.73 Å². The maximum atomic E-state index is 14.1. The second kappa shape index (κ2) is 7.04. The molecule has 4 rings (SSSR count). The Balaban J connectivity index is 1.76. The Kier molecular flexibility index (Phi) is 4.83. The normalized spacial score (nSPS) is 25.4. The van der Waals surface area contributed by atoms with Crippen molar-refractivity contribution in [2.75, 3.05) is 25.4 Å². The lowest BCUT2D eigenvalue weighted by Crippen LogP contribution is -2.40. The third-order valence-corrected chi connectivity index (χ3v) is 6.15. The fourth-order valence-electron chi connectivity index (χ4n) is 4.05. The molecule has 0 unspecified atom stereocenters. The van der Waals surface area contributed by atoms with Crippen molar-refractivity contribution in [3.05, 3.63) is 54.1 Å². The molecule has 28 heavy (non-hydrogen) atoms. The molecule has 0 spiro atoms. The van der Waals surface area contributed by atoms with Gasteiger partial charge in [0.15, 0.2) is 5.17 Å². The summed E-state index contributed by atoms with van der Waals surface area (Å²) in [4.78, 5) is 9.68. The molecule has 2 aliphatic rings. The minimum atomic E-state index is -4.28. The van der Waals surface area contributed by atoms with Gasteiger partial charge in [0.2, 0.25) is 5.95 Å². The first-order chi connectivity index (χ1) is 13.3. The zero-order chi connectivity index (χ0) is 19.9. The molecule has 3 heterocycles. The Morgan fingerprint density at radius 2 is 2.07 bits per heavy atom. The van der Waals surface area contributed by atoms with Gasteiger partial charge in [0.1, 0.15) is 5.54 Å². The maximum absolute atomic E-state index is 14.1. The first kappa shape index (κ1) is 19.2. The number of benzene rings is 1. The number of aromatic nitrogens is 1. The molecule has 0 amide bonds. The number of halogens is 4. The van der Waals surface area contributed by atoms with Crippen molar-refractivity contribution in [1.29, 1.82) is 0 Å². The Bertz CT molecular complexity index is 917. The van der Waals surface area contributed by atoms with Crippen LogP contribution in [-0.4, -0.2) is 46.6 Å². The van der Waals surface area contributed by atoms with Crippen LogP contribution in [0.4, 0.5) is 17.6 Å². The molecule has 1 aromatic carbocycles. The molecule has 148 valence electrons. The van der Waals surface area contributed by atoms with Gasteiger partial charge in [0.25, 0.3) is 0 Å². The summed E-state index contributed by atoms with van der Waals surface area (Å²) in [6, 6.07) is 10.4. The van der Waals surface area contributed by atoms with E-state index in [0.29, 0.717) is 22.0 Å². The van der Waals surface area contributed by atoms with Gasteiger partial charge in [-0.3, -0.25) is 4.90 Å². The topological polar surface area (TPSA) is 54.5 Å². The van der Waals surface area contributed by atoms with Crippen LogP contribution in [0.15, 0.2) is 47.6 Å². The fourth-order valence-corrected chi connectivity index (χ4v) is 5.03. The van der Waals surface area contributed by atoms with Gasteiger partial charge in [-0.15, -0.1) is 0 Å². The Morgan fingerprint density at radius 1 is 1.25 bits per heavy atom. The minimum Gasteiger partial charge on any atom is -0.379 e. The van der Waals surface area contributed by atoms with E-state index in [1.54, 1.807) is 30.3 Å². The highest BCUT2D eigenvalue weighted by Crippen LogP contribution is 2.46. The average Bonchev–Trinajstić information content (AvgIpc) is 2.98. The largest absolute Gasteiger partial charge is 0.401 e. The summed E-state index contributed by atoms with van der Waals surface area (Å²) in [6.45, 7) is -0.575. The molecule has 0 aliphatic carbocycles. The molecule has 0 radical (unpaired) electrons. The van der Waals surface area contributed by atoms with E-state index in [2.05, 4.69) is 9.98 Å². The number of amidine groups is 1. The second-order valence-corrected chi connectivity index (χ2v) is 8.13. The number of likely N-dealkylation sites (tertiary alicyclic amines) is 1. The number of thioether (sulfide) groups is 1. The highest BCUT2D eigenvalue weighted by Gasteiger charge is 2.51. The van der Waals surface area contributed by atoms with Gasteiger partial charge < -0.3 is 5.73 Å². The Morgan fingerprint density at radius 3 is 2.82 bits per heavy atom. The Labute approximate surface area is 163 Å². The summed E-state index contributed by atoms with van der Waals surface area (Å²) < 4.78 is 53.0. The van der Waals surface area contributed by atoms with Gasteiger partial charge in [0.05, 0.1) is 6.54 Å². The van der Waals surface area contributed by atoms with Crippen LogP contribution >= 0.6 is 11.8 Å². The number of rotatable bonds is 3. The smallest absolute Gasteiger partial charge is 0.379 e. The molecule has 9 heteroatoms. The number of hydrogen-bond donors (Lipinski definition) is 1. The van der Waals surface area contributed by atoms with Crippen molar-refractivity contribution in [2.24, 2.45) is 16.6 Å². The zero-order valence-electron chi connectivity index (χ0n) is 14.8. The predicted octanol–water partition coefficient (Wildman–Crippen LogP) is 3.64. The van der Waals surface area contributed by atoms with E-state index in [1.165, 1.54) is 22.9 Å². The zero-order valence-corrected chi connectivity index (χ0v) is 15.6. The molecular formula is C19H18F4N4S. The van der Waals surface area contributed by atoms with E-state index in [1.807, 2.05) is 6.07 Å². The first-order valence-corrected chi connectivity index (χ1v) is 9.74. The van der Waals surface area contributed by atoms with Crippen LogP contribution in [0.25, 0.3) is 11.1 Å². The van der Waals surface area contributed by atoms with Gasteiger partial charge in [-0.05, 0) is 29.3 Å². The van der Waals surface area contributed by atoms with Crippen LogP contribution in [0.5, 0.6) is 0 Å². The maximum Gasteiger partial charge on any atom is 0.401 e. The third kappa shape index (κ3) is 3.60. The number of alkyl halides is 3. The average molecular weight is 410 g/mol. The quantitative estimate of drug-likeness (QED) is 0.620. The molecule has 2 atom stereocenters. The van der Waals surface area contributed by atoms with Crippen LogP contribution in [0.2, 0.25) is 0 Å². The predicted molar refractivity (Wildman–Crippen MR) is 101 cm³/mol. The van der Waals surface area contributed by atoms with Crippen molar-refractivity contribution in [3.8, 4) is 11.1 Å². The summed E-state index contributed by atoms with van der Waals surface area (Å²) in [6.07, 6.45) is -2.91. The number of pyridine rings is 1. The molecule has 2 aromatic rings. The van der Waals surface area contributed by atoms with Crippen molar-refractivity contribution in [2.45, 2.75) is 11.7 Å². The van der Waals surface area contributed by atoms with Crippen molar-refractivity contribution in [3.63, 3.8) is 0 Å². The molecule has 2 N–H and O–H groups in total. The molecular weight excluding hydrogens is 392 g/mol. The van der Waals surface area contributed by atoms with Crippen LogP contribution in [-0.2, 0) is 5.54 Å². The van der Waals surface area contributed by atoms with E-state index < -0.39 is 24.2 Å². The van der Waals surface area contributed by atoms with Gasteiger partial charge in [-0.1, -0.05) is 30.0 Å². The minimum absolute atomic E-state index is 0.110. The molecule has 2 aliphatic heterocycles. The van der Waals surface area contributed by atoms with Crippen molar-refractivity contribution >= 4 is 16.9 Å². The van der Waals surface area contributed by atoms with E-state index in [9.17, 15) is 17.6 Å². The number of fused-ring (bicyclic) bond motifs is 1. The molecule has 1 saturated heterocycles. The van der Waals surface area contributed by atoms with Crippen LogP contribution < -0.4 is 5.73 Å². The van der Waals surface area contributed by atoms with Gasteiger partial charge in [0, 0.05) is 36.5 Å². The molecule has 0 saturated carbocycles. The molecule has 1 fully saturated rings. The lowest BCUT2D eigenvalue weighted by Gasteiger charge is -2.35. The van der Waals surface area contributed by atoms with Crippen LogP contribution in [0.3, 0.4) is 0 Å². The molecule has 4 nitrogen and oxygen atoms in total. The lowest BCUT2D eigenvalue weighted by atomic mass is 9.81. The summed E-state index contributed by atoms with van der Waals surface area (Å²) in [7, 11) is 0. The van der Waals surface area contributed by atoms with Crippen LogP contribution in [0.1, 0.15) is 5.56 Å². The third-order valence-electron chi connectivity index (χ3n) is 5.20. The molecule has 1 aromatic heterocycles. The summed E-state index contributed by atoms with van der Waals surface area (Å²) in [5.74, 6) is -0.114. The summed E-state index contributed by atoms with van der Waals surface area (Å²) >= 11 is 1.36. The van der Waals surface area contributed by atoms with Gasteiger partial charge in [-0.25, -0.2) is 9.98 Å². The van der Waals surface area contributed by atoms with E-state index >= 15 is 0 Å². The first-order valence-electron chi connectivity index (χ1n) is 8.75. The summed E-state index contributed by atoms with van der Waals surface area (Å²) in [5.41, 5.74) is 6.78. The second-order valence-electron chi connectivity index (χ2n) is 7.09. The fraction of sp³-hybridized carbons (Fsp3) is 0.368. The SMILES string of the molecule is NC1=N[C@@]2(c3cccc(-c4cccnc4F)c3)CN(CC(F)(F)F)C[C@H]2CS1. The monoisotopic (exact) mass is 410 g/mol. The summed E-state index contributed by atoms with van der Waals surface area (Å²) in [5, 5.41) is 0.364. The number of nitrogens with two attached hydrogens (primary N) is 1. The Hall–Kier alpha value is -2.13. The number of nitrogens with zero attached hydrogens (tertiary/aromatic N) is 3. The van der Waals surface area contributed by atoms with Crippen molar-refractivity contribution < 1.29 is 17.6 Å². The van der Waals surface area contributed by atoms with Gasteiger partial charge >= 0.3 is 6.18 Å². The van der Waals surface area contributed by atoms with E-state index in [-0.39, 0.29) is 19.0 Å². The lowest BCUT2D eigenvalue weighted by molar-refractivity contribution is -0.144. The van der Waals surface area contributed by atoms with E-state index in [0.717, 1.165) is 5.56 Å². The van der Waals surface area contributed by atoms with Gasteiger partial charge in [-0.2, -0.15) is 17.6 Å². The molecule has 0 bridgehead atoms. The standard InChI is InChI=1S/C19H18F4N4S/c20-16-15(5-2-6-25-16)12-3-1-4-13(7-12)18-10-27(11-19(21,22)23)8-14(18)9-28-17(24)26-18/h1-7,14H,8-11H2,(H2,24,26)/t14-,18+/m0/s1. The highest BCUT2D eigenvalue weighted by atomic mass is 32.2. The highest BCUT2D eigenvalue weighted by molar-refractivity contribution is 8.13. The van der Waals surface area contributed by atoms with Crippen molar-refractivity contribution in [1.82, 2.24) is 9.88 Å². The van der Waals surface area contributed by atoms with Crippen LogP contribution in [0, 0.1) is 11.9 Å². The number of hydrogen-bond acceptors (Lipinski definition) is 5. The number of aliphatic imine (C=N–C) groups is 1.